The number of aromatic nitrogens is 1. The van der Waals surface area contributed by atoms with Crippen LogP contribution in [0.5, 0.6) is 0 Å². The average Bonchev–Trinajstić information content (AvgIpc) is 2.49. The number of benzene rings is 1. The molecule has 0 unspecified atom stereocenters. The third-order valence-electron chi connectivity index (χ3n) is 2.76. The first-order valence-electron chi connectivity index (χ1n) is 6.55. The van der Waals surface area contributed by atoms with Gasteiger partial charge in [0, 0.05) is 30.7 Å². The van der Waals surface area contributed by atoms with E-state index in [2.05, 4.69) is 15.6 Å². The molecule has 0 bridgehead atoms. The molecule has 0 aliphatic rings. The Balaban J connectivity index is 2.10. The lowest BCUT2D eigenvalue weighted by molar-refractivity contribution is 0.102. The van der Waals surface area contributed by atoms with E-state index >= 15 is 0 Å². The minimum absolute atomic E-state index is 0.186. The minimum atomic E-state index is -1.01. The first-order valence-corrected chi connectivity index (χ1v) is 6.55. The van der Waals surface area contributed by atoms with E-state index in [1.807, 2.05) is 6.92 Å². The van der Waals surface area contributed by atoms with Gasteiger partial charge in [-0.15, -0.1) is 0 Å². The van der Waals surface area contributed by atoms with Gasteiger partial charge in [0.2, 0.25) is 0 Å². The fraction of sp³-hybridized carbons (Fsp3) is 0.200. The van der Waals surface area contributed by atoms with Gasteiger partial charge in [0.05, 0.1) is 11.3 Å². The number of halogens is 2. The summed E-state index contributed by atoms with van der Waals surface area (Å²) in [5.74, 6) is -2.40. The van der Waals surface area contributed by atoms with Crippen molar-refractivity contribution >= 4 is 17.3 Å². The van der Waals surface area contributed by atoms with Crippen molar-refractivity contribution in [2.75, 3.05) is 17.2 Å². The quantitative estimate of drug-likeness (QED) is 0.887. The molecule has 2 N–H and O–H groups in total. The van der Waals surface area contributed by atoms with Crippen molar-refractivity contribution in [2.45, 2.75) is 13.3 Å². The van der Waals surface area contributed by atoms with Crippen LogP contribution in [0.4, 0.5) is 20.2 Å². The highest BCUT2D eigenvalue weighted by Crippen LogP contribution is 2.15. The smallest absolute Gasteiger partial charge is 0.257 e. The third kappa shape index (κ3) is 3.98. The van der Waals surface area contributed by atoms with E-state index < -0.39 is 17.5 Å². The maximum absolute atomic E-state index is 13.1. The van der Waals surface area contributed by atoms with Crippen LogP contribution in [0.3, 0.4) is 0 Å². The largest absolute Gasteiger partial charge is 0.384 e. The van der Waals surface area contributed by atoms with E-state index in [1.54, 1.807) is 12.3 Å². The lowest BCUT2D eigenvalue weighted by Gasteiger charge is -2.08. The number of rotatable bonds is 5. The van der Waals surface area contributed by atoms with Gasteiger partial charge in [-0.2, -0.15) is 0 Å². The number of hydrogen-bond acceptors (Lipinski definition) is 3. The summed E-state index contributed by atoms with van der Waals surface area (Å²) in [6.07, 6.45) is 3.97. The van der Waals surface area contributed by atoms with E-state index in [0.29, 0.717) is 5.56 Å². The van der Waals surface area contributed by atoms with E-state index in [4.69, 9.17) is 0 Å². The van der Waals surface area contributed by atoms with E-state index in [-0.39, 0.29) is 5.69 Å². The average molecular weight is 291 g/mol. The molecule has 0 atom stereocenters. The lowest BCUT2D eigenvalue weighted by atomic mass is 10.2. The van der Waals surface area contributed by atoms with Gasteiger partial charge in [-0.3, -0.25) is 9.78 Å². The molecule has 0 saturated heterocycles. The third-order valence-corrected chi connectivity index (χ3v) is 2.76. The van der Waals surface area contributed by atoms with Crippen molar-refractivity contribution in [3.05, 3.63) is 53.9 Å². The summed E-state index contributed by atoms with van der Waals surface area (Å²) in [5, 5.41) is 5.61. The standard InChI is InChI=1S/C15H15F2N3O/c1-2-5-19-12-6-10(8-18-9-12)15(21)20-11-3-4-13(16)14(17)7-11/h3-4,6-9,19H,2,5H2,1H3,(H,20,21). The number of nitrogens with one attached hydrogen (secondary N) is 2. The second-order valence-corrected chi connectivity index (χ2v) is 4.47. The van der Waals surface area contributed by atoms with Crippen LogP contribution in [0.15, 0.2) is 36.7 Å². The van der Waals surface area contributed by atoms with Gasteiger partial charge >= 0.3 is 0 Å². The predicted molar refractivity (Wildman–Crippen MR) is 77.3 cm³/mol. The molecule has 0 aliphatic heterocycles. The molecule has 2 rings (SSSR count). The summed E-state index contributed by atoms with van der Waals surface area (Å²) < 4.78 is 25.9. The Morgan fingerprint density at radius 1 is 1.14 bits per heavy atom. The van der Waals surface area contributed by atoms with Gasteiger partial charge in [0.25, 0.3) is 5.91 Å². The van der Waals surface area contributed by atoms with Crippen molar-refractivity contribution in [3.63, 3.8) is 0 Å². The van der Waals surface area contributed by atoms with E-state index in [0.717, 1.165) is 30.8 Å². The molecule has 0 saturated carbocycles. The number of nitrogens with zero attached hydrogens (tertiary/aromatic N) is 1. The summed E-state index contributed by atoms with van der Waals surface area (Å²) in [7, 11) is 0. The van der Waals surface area contributed by atoms with Crippen molar-refractivity contribution in [1.82, 2.24) is 4.98 Å². The van der Waals surface area contributed by atoms with Crippen molar-refractivity contribution in [2.24, 2.45) is 0 Å². The molecule has 110 valence electrons. The zero-order chi connectivity index (χ0) is 15.2. The van der Waals surface area contributed by atoms with Crippen LogP contribution in [0.2, 0.25) is 0 Å². The normalized spacial score (nSPS) is 10.2. The number of hydrogen-bond donors (Lipinski definition) is 2. The number of pyridine rings is 1. The summed E-state index contributed by atoms with van der Waals surface area (Å²) in [5.41, 5.74) is 1.25. The highest BCUT2D eigenvalue weighted by atomic mass is 19.2. The Kier molecular flexibility index (Phi) is 4.81. The number of carbonyl (C=O) groups is 1. The summed E-state index contributed by atoms with van der Waals surface area (Å²) in [4.78, 5) is 16.0. The van der Waals surface area contributed by atoms with Crippen LogP contribution in [0.25, 0.3) is 0 Å². The zero-order valence-corrected chi connectivity index (χ0v) is 11.5. The molecule has 4 nitrogen and oxygen atoms in total. The summed E-state index contributed by atoms with van der Waals surface area (Å²) in [6.45, 7) is 2.80. The second kappa shape index (κ2) is 6.78. The molecule has 1 aromatic carbocycles. The summed E-state index contributed by atoms with van der Waals surface area (Å²) >= 11 is 0. The molecule has 0 aliphatic carbocycles. The molecule has 1 aromatic heterocycles. The van der Waals surface area contributed by atoms with Gasteiger partial charge < -0.3 is 10.6 Å². The molecule has 6 heteroatoms. The molecule has 2 aromatic rings. The van der Waals surface area contributed by atoms with Crippen LogP contribution < -0.4 is 10.6 Å². The fourth-order valence-corrected chi connectivity index (χ4v) is 1.71. The molecule has 0 fully saturated rings. The lowest BCUT2D eigenvalue weighted by Crippen LogP contribution is -2.13. The Labute approximate surface area is 121 Å². The highest BCUT2D eigenvalue weighted by Gasteiger charge is 2.09. The number of carbonyl (C=O) groups excluding carboxylic acids is 1. The highest BCUT2D eigenvalue weighted by molar-refractivity contribution is 6.04. The summed E-state index contributed by atoms with van der Waals surface area (Å²) in [6, 6.07) is 4.84. The Morgan fingerprint density at radius 3 is 2.67 bits per heavy atom. The Morgan fingerprint density at radius 2 is 1.95 bits per heavy atom. The van der Waals surface area contributed by atoms with Crippen LogP contribution in [-0.2, 0) is 0 Å². The Hall–Kier alpha value is -2.50. The van der Waals surface area contributed by atoms with Crippen LogP contribution in [-0.4, -0.2) is 17.4 Å². The topological polar surface area (TPSA) is 54.0 Å². The molecular formula is C15H15F2N3O. The number of amides is 1. The van der Waals surface area contributed by atoms with Gasteiger partial charge in [0.1, 0.15) is 0 Å². The van der Waals surface area contributed by atoms with E-state index in [1.165, 1.54) is 12.3 Å². The van der Waals surface area contributed by atoms with Crippen molar-refractivity contribution < 1.29 is 13.6 Å². The SMILES string of the molecule is CCCNc1cncc(C(=O)Nc2ccc(F)c(F)c2)c1. The minimum Gasteiger partial charge on any atom is -0.384 e. The van der Waals surface area contributed by atoms with Crippen molar-refractivity contribution in [1.29, 1.82) is 0 Å². The molecule has 0 radical (unpaired) electrons. The van der Waals surface area contributed by atoms with Gasteiger partial charge in [0.15, 0.2) is 11.6 Å². The zero-order valence-electron chi connectivity index (χ0n) is 11.5. The second-order valence-electron chi connectivity index (χ2n) is 4.47. The van der Waals surface area contributed by atoms with Crippen LogP contribution >= 0.6 is 0 Å². The molecule has 1 heterocycles. The first kappa shape index (κ1) is 14.9. The predicted octanol–water partition coefficient (Wildman–Crippen LogP) is 3.43. The molecule has 1 amide bonds. The fourth-order valence-electron chi connectivity index (χ4n) is 1.71. The van der Waals surface area contributed by atoms with Gasteiger partial charge in [-0.25, -0.2) is 8.78 Å². The number of anilines is 2. The first-order chi connectivity index (χ1) is 10.1. The van der Waals surface area contributed by atoms with E-state index in [9.17, 15) is 13.6 Å². The van der Waals surface area contributed by atoms with Crippen LogP contribution in [0.1, 0.15) is 23.7 Å². The molecule has 21 heavy (non-hydrogen) atoms. The Bertz CT molecular complexity index is 647. The van der Waals surface area contributed by atoms with Gasteiger partial charge in [-0.1, -0.05) is 6.92 Å². The maximum atomic E-state index is 13.1. The molecule has 0 spiro atoms. The molecular weight excluding hydrogens is 276 g/mol. The van der Waals surface area contributed by atoms with Crippen molar-refractivity contribution in [3.8, 4) is 0 Å². The maximum Gasteiger partial charge on any atom is 0.257 e. The monoisotopic (exact) mass is 291 g/mol. The van der Waals surface area contributed by atoms with Gasteiger partial charge in [-0.05, 0) is 24.6 Å². The van der Waals surface area contributed by atoms with Crippen LogP contribution in [0, 0.1) is 11.6 Å².